The molecule has 1 unspecified atom stereocenters. The largest absolute Gasteiger partial charge is 0.450 e. The molecular formula is C69H96IN9O11. The Balaban J connectivity index is 1.53. The third kappa shape index (κ3) is 17.7. The monoisotopic (exact) mass is 1350 g/mol. The first kappa shape index (κ1) is 71.9. The van der Waals surface area contributed by atoms with Crippen LogP contribution in [0.15, 0.2) is 91.1 Å². The summed E-state index contributed by atoms with van der Waals surface area (Å²) < 4.78 is 5.95. The summed E-state index contributed by atoms with van der Waals surface area (Å²) in [5, 5.41) is 21.7. The van der Waals surface area contributed by atoms with Crippen LogP contribution in [0.1, 0.15) is 126 Å². The van der Waals surface area contributed by atoms with E-state index in [1.165, 1.54) is 61.6 Å². The number of ether oxygens (including phenoxy) is 1. The van der Waals surface area contributed by atoms with Crippen molar-refractivity contribution < 1.29 is 53.0 Å². The molecule has 0 spiro atoms. The van der Waals surface area contributed by atoms with Gasteiger partial charge in [-0.3, -0.25) is 43.3 Å². The summed E-state index contributed by atoms with van der Waals surface area (Å²) in [5.74, 6) is -8.22. The van der Waals surface area contributed by atoms with Crippen molar-refractivity contribution >= 4 is 88.4 Å². The molecule has 4 N–H and O–H groups in total. The molecule has 2 aliphatic rings. The molecule has 6 rings (SSSR count). The lowest BCUT2D eigenvalue weighted by Gasteiger charge is -2.39. The summed E-state index contributed by atoms with van der Waals surface area (Å²) in [6, 6.07) is 17.4. The number of alkyl halides is 1. The number of rotatable bonds is 14. The maximum Gasteiger partial charge on any atom is 0.332 e. The van der Waals surface area contributed by atoms with Crippen LogP contribution in [0.5, 0.6) is 0 Å². The highest BCUT2D eigenvalue weighted by Crippen LogP contribution is 2.30. The van der Waals surface area contributed by atoms with E-state index in [-0.39, 0.29) is 38.1 Å². The first-order chi connectivity index (χ1) is 42.4. The Morgan fingerprint density at radius 1 is 0.656 bits per heavy atom. The highest BCUT2D eigenvalue weighted by molar-refractivity contribution is 14.2. The standard InChI is InChI=1S/C69H96IN9O11/c1-17-43(9)55-66(86)78(16)59(70-42(7)8)62(82)73-51(35-40(3)4)64(84)77(15)58(69(11,12)89)68(88)90-57(44(10)18-2)67(87)76(14)56(41(5)6)61(81)72-52(37-45-25-20-19-21-26-45)63(83)75(13)54(65(85)79-34-24-30-53(79)60(80)74-55)38-46-27-22-28-48(36-46)49-32-31-47-29-23-33-71-50(47)39-49/h19-23,25-29,31-33,36,39-41,43-44,51-59,89H,17-18,24,30,34-35,37-38H2,1-16H3,(H,72,81)(H,73,82)(H,74,80)/t43-,44+,51+,52+,53+,54+,55+,56+,57-,58-,59?/m1/s1. The van der Waals surface area contributed by atoms with Crippen molar-refractivity contribution in [3.63, 3.8) is 0 Å². The number of hydrogen-bond acceptors (Lipinski definition) is 12. The Morgan fingerprint density at radius 2 is 1.29 bits per heavy atom. The summed E-state index contributed by atoms with van der Waals surface area (Å²) in [7, 11) is 5.73. The van der Waals surface area contributed by atoms with Crippen LogP contribution in [0.4, 0.5) is 0 Å². The molecule has 4 aromatic rings. The number of carbonyl (C=O) groups excluding carboxylic acids is 9. The molecule has 490 valence electrons. The molecule has 8 amide bonds. The van der Waals surface area contributed by atoms with Crippen molar-refractivity contribution in [2.75, 3.05) is 34.7 Å². The minimum Gasteiger partial charge on any atom is -0.450 e. The number of likely N-dealkylation sites (N-methyl/N-ethyl adjacent to an activating group) is 4. The number of aliphatic hydroxyl groups is 1. The van der Waals surface area contributed by atoms with Gasteiger partial charge in [-0.2, -0.15) is 0 Å². The van der Waals surface area contributed by atoms with Gasteiger partial charge in [0.1, 0.15) is 36.3 Å². The maximum absolute atomic E-state index is 15.8. The van der Waals surface area contributed by atoms with E-state index in [1.807, 2.05) is 114 Å². The molecule has 2 saturated heterocycles. The molecule has 0 radical (unpaired) electrons. The van der Waals surface area contributed by atoms with Gasteiger partial charge in [0.15, 0.2) is 16.2 Å². The second kappa shape index (κ2) is 31.7. The van der Waals surface area contributed by atoms with Crippen LogP contribution < -0.4 is 16.0 Å². The fraction of sp³-hybridized carbons (Fsp3) is 0.551. The number of amides is 8. The lowest BCUT2D eigenvalue weighted by atomic mass is 9.94. The van der Waals surface area contributed by atoms with Crippen LogP contribution in [0.2, 0.25) is 0 Å². The predicted octanol–water partition coefficient (Wildman–Crippen LogP) is 7.07. The summed E-state index contributed by atoms with van der Waals surface area (Å²) in [4.78, 5) is 148. The average Bonchev–Trinajstić information content (AvgIpc) is 1.38. The van der Waals surface area contributed by atoms with Crippen LogP contribution in [-0.4, -0.2) is 184 Å². The molecular weight excluding hydrogens is 1260 g/mol. The fourth-order valence-electron chi connectivity index (χ4n) is 12.0. The van der Waals surface area contributed by atoms with E-state index in [0.29, 0.717) is 30.4 Å². The topological polar surface area (TPSA) is 248 Å². The average molecular weight is 1350 g/mol. The van der Waals surface area contributed by atoms with E-state index >= 15 is 28.8 Å². The van der Waals surface area contributed by atoms with E-state index in [9.17, 15) is 19.5 Å². The van der Waals surface area contributed by atoms with Crippen LogP contribution in [0.3, 0.4) is 0 Å². The number of nitrogens with one attached hydrogen (secondary N) is 3. The van der Waals surface area contributed by atoms with Gasteiger partial charge in [-0.05, 0) is 109 Å². The molecule has 90 heavy (non-hydrogen) atoms. The van der Waals surface area contributed by atoms with Gasteiger partial charge in [-0.25, -0.2) is 4.79 Å². The van der Waals surface area contributed by atoms with Crippen molar-refractivity contribution in [2.45, 2.75) is 186 Å². The van der Waals surface area contributed by atoms with Gasteiger partial charge in [0.05, 0.1) is 11.1 Å². The van der Waals surface area contributed by atoms with E-state index in [1.54, 1.807) is 46.0 Å². The van der Waals surface area contributed by atoms with Gasteiger partial charge < -0.3 is 50.3 Å². The van der Waals surface area contributed by atoms with Gasteiger partial charge in [-0.1, -0.05) is 155 Å². The lowest BCUT2D eigenvalue weighted by Crippen LogP contribution is -2.62. The molecule has 2 fully saturated rings. The molecule has 3 aromatic carbocycles. The molecule has 11 atom stereocenters. The number of esters is 1. The van der Waals surface area contributed by atoms with E-state index in [4.69, 9.17) is 4.74 Å². The third-order valence-electron chi connectivity index (χ3n) is 17.4. The minimum absolute atomic E-state index is 0.0218. The molecule has 2 aliphatic heterocycles. The molecule has 0 saturated carbocycles. The Kier molecular flexibility index (Phi) is 25.4. The van der Waals surface area contributed by atoms with Crippen molar-refractivity contribution in [2.24, 2.45) is 23.7 Å². The Labute approximate surface area is 541 Å². The smallest absolute Gasteiger partial charge is 0.332 e. The predicted molar refractivity (Wildman–Crippen MR) is 358 cm³/mol. The molecule has 3 heterocycles. The zero-order valence-corrected chi connectivity index (χ0v) is 57.6. The number of fused-ring (bicyclic) bond motifs is 2. The van der Waals surface area contributed by atoms with Crippen LogP contribution in [0, 0.1) is 23.7 Å². The van der Waals surface area contributed by atoms with Crippen molar-refractivity contribution in [1.82, 2.24) is 45.4 Å². The van der Waals surface area contributed by atoms with Gasteiger partial charge in [-0.15, -0.1) is 0 Å². The van der Waals surface area contributed by atoms with Gasteiger partial charge in [0, 0.05) is 65.1 Å². The summed E-state index contributed by atoms with van der Waals surface area (Å²) in [5.41, 5.74) is 1.88. The summed E-state index contributed by atoms with van der Waals surface area (Å²) >= 11 is -1.26. The van der Waals surface area contributed by atoms with Crippen LogP contribution in [0.25, 0.3) is 22.0 Å². The second-order valence-corrected chi connectivity index (χ2v) is 29.9. The zero-order valence-electron chi connectivity index (χ0n) is 55.4. The quantitative estimate of drug-likeness (QED) is 0.0429. The van der Waals surface area contributed by atoms with E-state index in [0.717, 1.165) is 30.4 Å². The SMILES string of the molecule is CC[C@@H](C)[C@@H]1NC(=O)[C@@H]2CCCN2C(=O)[C@H](Cc2cccc(-c3ccc4cccnc4c3)c2)N(C)C(=O)[C@H](Cc2ccccc2)NC(=O)[C@H](C(C)C)N(C)C(=O)[C@@H]([C@@H](C)CC)OC(=O)[C@H](C(C)(C)O)N(C)C(=O)[C@H](CC(C)C)NC(=O)C(I=C(C)C)N(C)C1=O. The number of hydrogen-bond donors (Lipinski definition) is 4. The van der Waals surface area contributed by atoms with Crippen molar-refractivity contribution in [3.05, 3.63) is 102 Å². The van der Waals surface area contributed by atoms with Crippen LogP contribution in [-0.2, 0) is 60.7 Å². The number of carbonyl (C=O) groups is 9. The van der Waals surface area contributed by atoms with E-state index < -0.39 is 150 Å². The zero-order chi connectivity index (χ0) is 66.6. The number of nitrogens with zero attached hydrogens (tertiary/aromatic N) is 6. The normalized spacial score (nSPS) is 24.6. The first-order valence-electron chi connectivity index (χ1n) is 31.5. The van der Waals surface area contributed by atoms with Crippen molar-refractivity contribution in [3.8, 4) is 11.1 Å². The molecule has 0 bridgehead atoms. The first-order valence-corrected chi connectivity index (χ1v) is 33.8. The molecule has 20 nitrogen and oxygen atoms in total. The van der Waals surface area contributed by atoms with Gasteiger partial charge in [0.25, 0.3) is 11.8 Å². The number of pyridine rings is 1. The van der Waals surface area contributed by atoms with Gasteiger partial charge in [0.2, 0.25) is 35.4 Å². The van der Waals surface area contributed by atoms with Crippen molar-refractivity contribution in [1.29, 1.82) is 0 Å². The highest BCUT2D eigenvalue weighted by atomic mass is 127. The van der Waals surface area contributed by atoms with Crippen LogP contribution >= 0.6 is 20.7 Å². The molecule has 1 aromatic heterocycles. The Bertz CT molecular complexity index is 3260. The lowest BCUT2D eigenvalue weighted by molar-refractivity contribution is -0.177. The third-order valence-corrected chi connectivity index (χ3v) is 20.6. The van der Waals surface area contributed by atoms with Gasteiger partial charge >= 0.3 is 5.97 Å². The molecule has 21 heteroatoms. The number of cyclic esters (lactones) is 1. The minimum atomic E-state index is -1.98. The second-order valence-electron chi connectivity index (χ2n) is 25.9. The highest BCUT2D eigenvalue weighted by Gasteiger charge is 2.48. The van der Waals surface area contributed by atoms with E-state index in [2.05, 4.69) is 20.9 Å². The number of aromatic nitrogens is 1. The Hall–Kier alpha value is -7.14. The Morgan fingerprint density at radius 3 is 1.91 bits per heavy atom. The fourth-order valence-corrected chi connectivity index (χ4v) is 14.3. The number of benzene rings is 3. The number of halogens is 1. The molecule has 0 aliphatic carbocycles. The maximum atomic E-state index is 15.8. The summed E-state index contributed by atoms with van der Waals surface area (Å²) in [6.45, 7) is 20.9. The summed E-state index contributed by atoms with van der Waals surface area (Å²) in [6.07, 6.45) is 1.64.